The molecule has 1 amide bonds. The van der Waals surface area contributed by atoms with E-state index in [9.17, 15) is 19.0 Å². The van der Waals surface area contributed by atoms with Crippen LogP contribution < -0.4 is 10.2 Å². The van der Waals surface area contributed by atoms with Gasteiger partial charge in [0.15, 0.2) is 0 Å². The quantitative estimate of drug-likeness (QED) is 0.0212. The van der Waals surface area contributed by atoms with Gasteiger partial charge in [0, 0.05) is 12.8 Å². The number of hydrogen-bond donors (Lipinski definition) is 1. The van der Waals surface area contributed by atoms with E-state index in [1.807, 2.05) is 33.3 Å². The van der Waals surface area contributed by atoms with Gasteiger partial charge < -0.3 is 28.5 Å². The topological polar surface area (TPSA) is 114 Å². The first-order valence-electron chi connectivity index (χ1n) is 27.8. The van der Waals surface area contributed by atoms with Crippen LogP contribution in [0.4, 0.5) is 0 Å². The van der Waals surface area contributed by atoms with Gasteiger partial charge in [-0.25, -0.2) is 0 Å². The fourth-order valence-electron chi connectivity index (χ4n) is 7.91. The van der Waals surface area contributed by atoms with Gasteiger partial charge in [-0.2, -0.15) is 0 Å². The first kappa shape index (κ1) is 64.2. The molecule has 0 aromatic carbocycles. The molecule has 0 aliphatic heterocycles. The van der Waals surface area contributed by atoms with Crippen molar-refractivity contribution in [3.63, 3.8) is 0 Å². The van der Waals surface area contributed by atoms with E-state index >= 15 is 0 Å². The van der Waals surface area contributed by atoms with E-state index in [1.165, 1.54) is 128 Å². The molecule has 0 aliphatic carbocycles. The molecule has 3 atom stereocenters. The molecule has 0 radical (unpaired) electrons. The number of unbranched alkanes of at least 4 members (excludes halogenated alkanes) is 30. The van der Waals surface area contributed by atoms with Crippen molar-refractivity contribution in [2.75, 3.05) is 40.9 Å². The third-order valence-corrected chi connectivity index (χ3v) is 13.3. The van der Waals surface area contributed by atoms with Crippen molar-refractivity contribution in [3.8, 4) is 0 Å². The van der Waals surface area contributed by atoms with Crippen LogP contribution in [-0.4, -0.2) is 69.4 Å². The minimum atomic E-state index is -4.69. The summed E-state index contributed by atoms with van der Waals surface area (Å²) >= 11 is 0. The molecule has 10 heteroatoms. The molecule has 0 saturated carbocycles. The normalized spacial score (nSPS) is 14.1. The van der Waals surface area contributed by atoms with Crippen molar-refractivity contribution in [1.82, 2.24) is 5.32 Å². The molecule has 0 aliphatic rings. The summed E-state index contributed by atoms with van der Waals surface area (Å²) in [6.45, 7) is 6.79. The molecule has 1 N–H and O–H groups in total. The lowest BCUT2D eigenvalue weighted by Gasteiger charge is -2.30. The summed E-state index contributed by atoms with van der Waals surface area (Å²) in [5.74, 6) is -0.553. The van der Waals surface area contributed by atoms with Crippen molar-refractivity contribution in [1.29, 1.82) is 0 Å². The zero-order valence-electron chi connectivity index (χ0n) is 44.2. The third-order valence-electron chi connectivity index (χ3n) is 12.3. The Morgan fingerprint density at radius 1 is 0.515 bits per heavy atom. The minimum Gasteiger partial charge on any atom is -0.756 e. The number of carbonyl (C=O) groups excluding carboxylic acids is 2. The van der Waals surface area contributed by atoms with Gasteiger partial charge in [-0.05, 0) is 76.7 Å². The number of amides is 1. The maximum Gasteiger partial charge on any atom is 0.306 e. The Bertz CT molecular complexity index is 1230. The smallest absolute Gasteiger partial charge is 0.306 e. The molecule has 388 valence electrons. The maximum atomic E-state index is 13.4. The van der Waals surface area contributed by atoms with Crippen LogP contribution in [0.2, 0.25) is 0 Å². The first-order chi connectivity index (χ1) is 31.9. The average Bonchev–Trinajstić information content (AvgIpc) is 3.27. The molecule has 0 spiro atoms. The predicted molar refractivity (Wildman–Crippen MR) is 279 cm³/mol. The second-order valence-electron chi connectivity index (χ2n) is 20.1. The van der Waals surface area contributed by atoms with Gasteiger partial charge in [0.25, 0.3) is 7.82 Å². The monoisotopic (exact) mass is 951 g/mol. The van der Waals surface area contributed by atoms with Gasteiger partial charge in [0.2, 0.25) is 5.91 Å². The van der Waals surface area contributed by atoms with Gasteiger partial charge in [-0.3, -0.25) is 14.2 Å². The van der Waals surface area contributed by atoms with Crippen molar-refractivity contribution in [2.24, 2.45) is 0 Å². The predicted octanol–water partition coefficient (Wildman–Crippen LogP) is 15.8. The number of allylic oxidation sites excluding steroid dienone is 5. The summed E-state index contributed by atoms with van der Waals surface area (Å²) in [4.78, 5) is 39.7. The second-order valence-corrected chi connectivity index (χ2v) is 21.5. The number of likely N-dealkylation sites (N-methyl/N-ethyl adjacent to an activating group) is 1. The number of phosphoric ester groups is 1. The number of ether oxygens (including phenoxy) is 1. The van der Waals surface area contributed by atoms with E-state index in [4.69, 9.17) is 13.8 Å². The number of phosphoric acid groups is 1. The molecule has 0 bridgehead atoms. The van der Waals surface area contributed by atoms with Crippen LogP contribution >= 0.6 is 7.82 Å². The summed E-state index contributed by atoms with van der Waals surface area (Å²) in [6.07, 6.45) is 53.9. The maximum absolute atomic E-state index is 13.4. The number of quaternary nitrogens is 1. The molecule has 0 saturated heterocycles. The number of hydrogen-bond acceptors (Lipinski definition) is 7. The Hall–Kier alpha value is -1.77. The number of rotatable bonds is 50. The lowest BCUT2D eigenvalue weighted by molar-refractivity contribution is -0.870. The largest absolute Gasteiger partial charge is 0.756 e. The zero-order chi connectivity index (χ0) is 48.7. The highest BCUT2D eigenvalue weighted by atomic mass is 31.2. The first-order valence-corrected chi connectivity index (χ1v) is 29.3. The fraction of sp³-hybridized carbons (Fsp3) is 0.857. The Morgan fingerprint density at radius 3 is 1.33 bits per heavy atom. The van der Waals surface area contributed by atoms with Crippen LogP contribution in [0.15, 0.2) is 36.5 Å². The van der Waals surface area contributed by atoms with Crippen LogP contribution in [-0.2, 0) is 27.9 Å². The van der Waals surface area contributed by atoms with Gasteiger partial charge in [-0.15, -0.1) is 0 Å². The SMILES string of the molecule is CCCC/C=C\CCCCCCCC(=O)NC(COP(=O)([O-])OCC[N+](C)(C)C)C(/C=C\CCCCCCCCCCCC)OC(=O)CCCCCCCCC/C=C/CCCCCCCC. The van der Waals surface area contributed by atoms with Gasteiger partial charge >= 0.3 is 5.97 Å². The molecular formula is C56H107N2O7P. The van der Waals surface area contributed by atoms with Gasteiger partial charge in [0.1, 0.15) is 19.3 Å². The average molecular weight is 951 g/mol. The highest BCUT2D eigenvalue weighted by Gasteiger charge is 2.27. The minimum absolute atomic E-state index is 0.0235. The lowest BCUT2D eigenvalue weighted by Crippen LogP contribution is -2.47. The summed E-state index contributed by atoms with van der Waals surface area (Å²) in [5.41, 5.74) is 0. The number of nitrogens with one attached hydrogen (secondary N) is 1. The molecular weight excluding hydrogens is 844 g/mol. The molecule has 0 rings (SSSR count). The molecule has 0 aromatic rings. The molecule has 0 fully saturated rings. The van der Waals surface area contributed by atoms with Crippen molar-refractivity contribution in [2.45, 2.75) is 270 Å². The number of carbonyl (C=O) groups is 2. The van der Waals surface area contributed by atoms with E-state index in [2.05, 4.69) is 50.4 Å². The van der Waals surface area contributed by atoms with Crippen molar-refractivity contribution in [3.05, 3.63) is 36.5 Å². The molecule has 0 heterocycles. The number of nitrogens with zero attached hydrogens (tertiary/aromatic N) is 1. The van der Waals surface area contributed by atoms with Crippen LogP contribution in [0.3, 0.4) is 0 Å². The summed E-state index contributed by atoms with van der Waals surface area (Å²) in [6, 6.07) is -0.889. The van der Waals surface area contributed by atoms with E-state index in [0.29, 0.717) is 17.4 Å². The molecule has 9 nitrogen and oxygen atoms in total. The summed E-state index contributed by atoms with van der Waals surface area (Å²) in [5, 5.41) is 3.01. The van der Waals surface area contributed by atoms with Gasteiger partial charge in [0.05, 0.1) is 33.8 Å². The molecule has 66 heavy (non-hydrogen) atoms. The van der Waals surface area contributed by atoms with E-state index in [-0.39, 0.29) is 24.9 Å². The lowest BCUT2D eigenvalue weighted by atomic mass is 10.0. The van der Waals surface area contributed by atoms with E-state index in [0.717, 1.165) is 96.3 Å². The third kappa shape index (κ3) is 47.3. The summed E-state index contributed by atoms with van der Waals surface area (Å²) in [7, 11) is 1.18. The molecule has 0 aromatic heterocycles. The van der Waals surface area contributed by atoms with Crippen molar-refractivity contribution < 1.29 is 37.3 Å². The van der Waals surface area contributed by atoms with Crippen molar-refractivity contribution >= 4 is 19.7 Å². The van der Waals surface area contributed by atoms with Crippen LogP contribution in [0.5, 0.6) is 0 Å². The Labute approximate surface area is 408 Å². The highest BCUT2D eigenvalue weighted by molar-refractivity contribution is 7.45. The summed E-state index contributed by atoms with van der Waals surface area (Å²) < 4.78 is 30.2. The second kappa shape index (κ2) is 46.9. The zero-order valence-corrected chi connectivity index (χ0v) is 45.0. The van der Waals surface area contributed by atoms with Crippen LogP contribution in [0, 0.1) is 0 Å². The Morgan fingerprint density at radius 2 is 0.894 bits per heavy atom. The highest BCUT2D eigenvalue weighted by Crippen LogP contribution is 2.38. The fourth-order valence-corrected chi connectivity index (χ4v) is 8.63. The van der Waals surface area contributed by atoms with Crippen LogP contribution in [0.25, 0.3) is 0 Å². The molecule has 3 unspecified atom stereocenters. The van der Waals surface area contributed by atoms with Gasteiger partial charge in [-0.1, -0.05) is 205 Å². The van der Waals surface area contributed by atoms with E-state index < -0.39 is 26.6 Å². The van der Waals surface area contributed by atoms with E-state index in [1.54, 1.807) is 0 Å². The standard InChI is InChI=1S/C56H107N2O7P/c1-7-10-13-16-19-22-25-27-28-29-30-31-34-37-40-43-46-49-56(60)65-54(47-44-41-38-35-33-26-23-20-17-14-11-8-2)53(52-64-66(61,62)63-51-50-58(4,5)6)57-55(59)48-45-42-39-36-32-24-21-18-15-12-9-3/h18,21,27-28,44,47,53-54H,7-17,19-20,22-26,29-43,45-46,48-52H2,1-6H3,(H-,57,59,61,62)/b21-18-,28-27+,47-44-. The Balaban J connectivity index is 5.34. The Kier molecular flexibility index (Phi) is 45.7. The van der Waals surface area contributed by atoms with Crippen LogP contribution in [0.1, 0.15) is 258 Å². The number of esters is 1.